The van der Waals surface area contributed by atoms with Gasteiger partial charge in [0, 0.05) is 6.54 Å². The molecule has 2 rings (SSSR count). The average Bonchev–Trinajstić information content (AvgIpc) is 2.83. The molecule has 0 N–H and O–H groups in total. The van der Waals surface area contributed by atoms with Crippen molar-refractivity contribution in [1.82, 2.24) is 30.0 Å². The lowest BCUT2D eigenvalue weighted by atomic mass is 10.6. The number of hydrogen-bond acceptors (Lipinski definition) is 5. The van der Waals surface area contributed by atoms with Crippen LogP contribution in [0, 0.1) is 0 Å². The van der Waals surface area contributed by atoms with E-state index in [0.717, 1.165) is 6.54 Å². The Hall–Kier alpha value is -1.92. The van der Waals surface area contributed by atoms with E-state index in [9.17, 15) is 0 Å². The molecule has 0 radical (unpaired) electrons. The third-order valence-electron chi connectivity index (χ3n) is 1.85. The lowest BCUT2D eigenvalue weighted by molar-refractivity contribution is 0.295. The molecule has 0 amide bonds. The summed E-state index contributed by atoms with van der Waals surface area (Å²) in [5, 5.41) is 15.6. The number of hydrogen-bond donors (Lipinski definition) is 0. The standard InChI is InChI=1S/C8H12N6O/c1-3-14-5-7(4-9-14)15-6-8-10-12-13(2)11-8/h4-5H,3,6H2,1-2H3. The Kier molecular flexibility index (Phi) is 2.61. The number of tetrazole rings is 1. The maximum absolute atomic E-state index is 5.43. The molecule has 0 saturated carbocycles. The fraction of sp³-hybridized carbons (Fsp3) is 0.500. The van der Waals surface area contributed by atoms with E-state index >= 15 is 0 Å². The summed E-state index contributed by atoms with van der Waals surface area (Å²) in [4.78, 5) is 1.40. The topological polar surface area (TPSA) is 70.7 Å². The number of aryl methyl sites for hydroxylation is 2. The van der Waals surface area contributed by atoms with Crippen molar-refractivity contribution >= 4 is 0 Å². The normalized spacial score (nSPS) is 10.5. The molecule has 2 aromatic heterocycles. The van der Waals surface area contributed by atoms with Gasteiger partial charge in [0.1, 0.15) is 0 Å². The van der Waals surface area contributed by atoms with Crippen LogP contribution in [-0.2, 0) is 20.2 Å². The van der Waals surface area contributed by atoms with Crippen LogP contribution in [0.5, 0.6) is 5.75 Å². The van der Waals surface area contributed by atoms with Gasteiger partial charge in [-0.1, -0.05) is 0 Å². The van der Waals surface area contributed by atoms with Crippen LogP contribution in [0.15, 0.2) is 12.4 Å². The highest BCUT2D eigenvalue weighted by Gasteiger charge is 2.03. The van der Waals surface area contributed by atoms with Crippen molar-refractivity contribution in [2.24, 2.45) is 7.05 Å². The number of nitrogens with zero attached hydrogens (tertiary/aromatic N) is 6. The van der Waals surface area contributed by atoms with Gasteiger partial charge in [0.2, 0.25) is 5.82 Å². The van der Waals surface area contributed by atoms with E-state index in [4.69, 9.17) is 4.74 Å². The van der Waals surface area contributed by atoms with Crippen LogP contribution in [0.25, 0.3) is 0 Å². The van der Waals surface area contributed by atoms with Crippen LogP contribution >= 0.6 is 0 Å². The SMILES string of the molecule is CCn1cc(OCc2nnn(C)n2)cn1. The van der Waals surface area contributed by atoms with Crippen molar-refractivity contribution in [3.63, 3.8) is 0 Å². The molecule has 7 nitrogen and oxygen atoms in total. The minimum absolute atomic E-state index is 0.309. The quantitative estimate of drug-likeness (QED) is 0.707. The van der Waals surface area contributed by atoms with Crippen LogP contribution in [-0.4, -0.2) is 30.0 Å². The van der Waals surface area contributed by atoms with Crippen molar-refractivity contribution in [2.75, 3.05) is 0 Å². The zero-order chi connectivity index (χ0) is 10.7. The third kappa shape index (κ3) is 2.30. The highest BCUT2D eigenvalue weighted by molar-refractivity contribution is 5.11. The molecule has 0 aliphatic carbocycles. The molecule has 7 heteroatoms. The van der Waals surface area contributed by atoms with E-state index < -0.39 is 0 Å². The molecular formula is C8H12N6O. The number of aromatic nitrogens is 6. The van der Waals surface area contributed by atoms with Crippen molar-refractivity contribution in [3.8, 4) is 5.75 Å². The van der Waals surface area contributed by atoms with Gasteiger partial charge < -0.3 is 4.74 Å². The summed E-state index contributed by atoms with van der Waals surface area (Å²) in [5.74, 6) is 1.27. The minimum atomic E-state index is 0.309. The Morgan fingerprint density at radius 1 is 1.47 bits per heavy atom. The highest BCUT2D eigenvalue weighted by atomic mass is 16.5. The molecule has 0 bridgehead atoms. The summed E-state index contributed by atoms with van der Waals surface area (Å²) in [6.07, 6.45) is 3.50. The van der Waals surface area contributed by atoms with E-state index in [1.165, 1.54) is 4.80 Å². The van der Waals surface area contributed by atoms with Gasteiger partial charge in [-0.3, -0.25) is 4.68 Å². The van der Waals surface area contributed by atoms with Crippen LogP contribution in [0.2, 0.25) is 0 Å². The van der Waals surface area contributed by atoms with E-state index in [0.29, 0.717) is 18.2 Å². The highest BCUT2D eigenvalue weighted by Crippen LogP contribution is 2.09. The molecule has 0 atom stereocenters. The molecule has 2 aromatic rings. The minimum Gasteiger partial charge on any atom is -0.482 e. The molecule has 0 saturated heterocycles. The van der Waals surface area contributed by atoms with E-state index in [1.807, 2.05) is 13.1 Å². The second-order valence-corrected chi connectivity index (χ2v) is 3.02. The fourth-order valence-electron chi connectivity index (χ4n) is 1.12. The fourth-order valence-corrected chi connectivity index (χ4v) is 1.12. The smallest absolute Gasteiger partial charge is 0.212 e. The van der Waals surface area contributed by atoms with Crippen LogP contribution in [0.4, 0.5) is 0 Å². The van der Waals surface area contributed by atoms with Gasteiger partial charge in [0.25, 0.3) is 0 Å². The molecule has 0 aromatic carbocycles. The second kappa shape index (κ2) is 4.07. The molecule has 0 aliphatic rings. The maximum atomic E-state index is 5.43. The summed E-state index contributed by atoms with van der Waals surface area (Å²) in [6.45, 7) is 3.15. The van der Waals surface area contributed by atoms with E-state index in [-0.39, 0.29) is 0 Å². The zero-order valence-electron chi connectivity index (χ0n) is 8.66. The molecule has 80 valence electrons. The summed E-state index contributed by atoms with van der Waals surface area (Å²) >= 11 is 0. The van der Waals surface area contributed by atoms with E-state index in [2.05, 4.69) is 20.5 Å². The van der Waals surface area contributed by atoms with Gasteiger partial charge in [-0.05, 0) is 12.1 Å². The summed E-state index contributed by atoms with van der Waals surface area (Å²) in [5.41, 5.74) is 0. The van der Waals surface area contributed by atoms with Gasteiger partial charge >= 0.3 is 0 Å². The first-order chi connectivity index (χ1) is 7.28. The Labute approximate surface area is 86.7 Å². The first-order valence-electron chi connectivity index (χ1n) is 4.66. The molecule has 0 fully saturated rings. The van der Waals surface area contributed by atoms with Crippen molar-refractivity contribution in [1.29, 1.82) is 0 Å². The van der Waals surface area contributed by atoms with Gasteiger partial charge in [-0.15, -0.1) is 10.2 Å². The molecule has 0 unspecified atom stereocenters. The molecule has 2 heterocycles. The summed E-state index contributed by atoms with van der Waals surface area (Å²) < 4.78 is 7.22. The Morgan fingerprint density at radius 3 is 2.93 bits per heavy atom. The molecule has 0 aliphatic heterocycles. The van der Waals surface area contributed by atoms with Gasteiger partial charge in [-0.25, -0.2) is 0 Å². The largest absolute Gasteiger partial charge is 0.482 e. The monoisotopic (exact) mass is 208 g/mol. The number of rotatable bonds is 4. The third-order valence-corrected chi connectivity index (χ3v) is 1.85. The van der Waals surface area contributed by atoms with Gasteiger partial charge in [0.15, 0.2) is 12.4 Å². The second-order valence-electron chi connectivity index (χ2n) is 3.02. The lowest BCUT2D eigenvalue weighted by Gasteiger charge is -1.97. The zero-order valence-corrected chi connectivity index (χ0v) is 8.66. The van der Waals surface area contributed by atoms with Crippen LogP contribution in [0.1, 0.15) is 12.7 Å². The molecular weight excluding hydrogens is 196 g/mol. The lowest BCUT2D eigenvalue weighted by Crippen LogP contribution is -1.98. The maximum Gasteiger partial charge on any atom is 0.212 e. The van der Waals surface area contributed by atoms with Gasteiger partial charge in [-0.2, -0.15) is 9.90 Å². The molecule has 0 spiro atoms. The summed E-state index contributed by atoms with van der Waals surface area (Å²) in [7, 11) is 1.71. The van der Waals surface area contributed by atoms with E-state index in [1.54, 1.807) is 17.9 Å². The number of ether oxygens (including phenoxy) is 1. The Morgan fingerprint density at radius 2 is 2.33 bits per heavy atom. The van der Waals surface area contributed by atoms with Crippen molar-refractivity contribution in [3.05, 3.63) is 18.2 Å². The molecule has 15 heavy (non-hydrogen) atoms. The van der Waals surface area contributed by atoms with Gasteiger partial charge in [0.05, 0.1) is 19.4 Å². The summed E-state index contributed by atoms with van der Waals surface area (Å²) in [6, 6.07) is 0. The Balaban J connectivity index is 1.93. The van der Waals surface area contributed by atoms with Crippen molar-refractivity contribution < 1.29 is 4.74 Å². The van der Waals surface area contributed by atoms with Crippen molar-refractivity contribution in [2.45, 2.75) is 20.1 Å². The predicted octanol–water partition coefficient (Wildman–Crippen LogP) is 0.00550. The average molecular weight is 208 g/mol. The Bertz CT molecular complexity index is 434. The first kappa shape index (κ1) is 9.63. The van der Waals surface area contributed by atoms with Crippen LogP contribution < -0.4 is 4.74 Å². The van der Waals surface area contributed by atoms with Crippen LogP contribution in [0.3, 0.4) is 0 Å². The predicted molar refractivity (Wildman–Crippen MR) is 51.0 cm³/mol. The first-order valence-corrected chi connectivity index (χ1v) is 4.66.